The molecular weight excluding hydrogens is 306 g/mol. The van der Waals surface area contributed by atoms with E-state index in [1.807, 2.05) is 6.92 Å². The first-order chi connectivity index (χ1) is 9.51. The molecule has 0 heterocycles. The van der Waals surface area contributed by atoms with E-state index in [1.165, 1.54) is 0 Å². The Balaban J connectivity index is -0.000000326. The van der Waals surface area contributed by atoms with E-state index in [9.17, 15) is 9.59 Å². The summed E-state index contributed by atoms with van der Waals surface area (Å²) >= 11 is 0. The molecule has 6 heteroatoms. The molecule has 0 aromatic carbocycles. The summed E-state index contributed by atoms with van der Waals surface area (Å²) in [5.41, 5.74) is 0.772. The number of carboxylic acid groups (broad SMARTS) is 1. The number of aliphatic carboxylic acids is 1. The van der Waals surface area contributed by atoms with Gasteiger partial charge in [-0.15, -0.1) is 0 Å². The van der Waals surface area contributed by atoms with Gasteiger partial charge in [0.15, 0.2) is 0 Å². The van der Waals surface area contributed by atoms with Gasteiger partial charge in [0.2, 0.25) is 0 Å². The summed E-state index contributed by atoms with van der Waals surface area (Å²) in [6, 6.07) is 0. The van der Waals surface area contributed by atoms with E-state index in [0.29, 0.717) is 24.2 Å². The number of hydrogen-bond acceptors (Lipinski definition) is 3. The highest BCUT2D eigenvalue weighted by molar-refractivity contribution is 5.86. The molecule has 0 aromatic heterocycles. The third kappa shape index (κ3) is 18.7. The number of hydrogen-bond donors (Lipinski definition) is 1. The number of ether oxygens (including phenoxy) is 1. The second-order valence-corrected chi connectivity index (χ2v) is 5.94. The third-order valence-electron chi connectivity index (χ3n) is 2.48. The maximum atomic E-state index is 10.9. The Labute approximate surface area is 140 Å². The van der Waals surface area contributed by atoms with Crippen LogP contribution >= 0.6 is 0 Å². The minimum atomic E-state index is -0.872. The first-order valence-corrected chi connectivity index (χ1v) is 7.05. The van der Waals surface area contributed by atoms with Crippen molar-refractivity contribution in [3.63, 3.8) is 0 Å². The van der Waals surface area contributed by atoms with Crippen molar-refractivity contribution in [1.82, 2.24) is 0 Å². The van der Waals surface area contributed by atoms with Crippen molar-refractivity contribution in [3.05, 3.63) is 24.3 Å². The molecule has 0 aromatic rings. The van der Waals surface area contributed by atoms with Crippen molar-refractivity contribution >= 4 is 11.9 Å². The average molecular weight is 336 g/mol. The minimum absolute atomic E-state index is 0. The summed E-state index contributed by atoms with van der Waals surface area (Å²) in [5, 5.41) is 8.31. The molecule has 0 aliphatic heterocycles. The monoisotopic (exact) mass is 335 g/mol. The fraction of sp³-hybridized carbons (Fsp3) is 0.625. The third-order valence-corrected chi connectivity index (χ3v) is 2.48. The van der Waals surface area contributed by atoms with E-state index >= 15 is 0 Å². The van der Waals surface area contributed by atoms with Gasteiger partial charge in [-0.25, -0.2) is 9.59 Å². The first kappa shape index (κ1) is 25.6. The number of carboxylic acids is 1. The van der Waals surface area contributed by atoms with E-state index in [4.69, 9.17) is 9.84 Å². The normalized spacial score (nSPS) is 9.68. The number of carbonyl (C=O) groups is 2. The van der Waals surface area contributed by atoms with Gasteiger partial charge in [0.1, 0.15) is 13.2 Å². The first-order valence-electron chi connectivity index (χ1n) is 7.05. The molecule has 0 fully saturated rings. The van der Waals surface area contributed by atoms with Crippen LogP contribution in [0.15, 0.2) is 24.3 Å². The van der Waals surface area contributed by atoms with Gasteiger partial charge < -0.3 is 26.7 Å². The Morgan fingerprint density at radius 2 is 1.68 bits per heavy atom. The van der Waals surface area contributed by atoms with Crippen LogP contribution in [0, 0.1) is 0 Å². The molecule has 0 radical (unpaired) electrons. The maximum absolute atomic E-state index is 10.9. The molecule has 0 aliphatic rings. The van der Waals surface area contributed by atoms with Crippen molar-refractivity contribution in [2.75, 3.05) is 34.3 Å². The van der Waals surface area contributed by atoms with Gasteiger partial charge in [-0.1, -0.05) is 26.5 Å². The van der Waals surface area contributed by atoms with Crippen LogP contribution in [-0.4, -0.2) is 55.8 Å². The predicted octanol–water partition coefficient (Wildman–Crippen LogP) is -0.367. The van der Waals surface area contributed by atoms with Gasteiger partial charge in [-0.2, -0.15) is 0 Å². The molecule has 0 rings (SSSR count). The van der Waals surface area contributed by atoms with Gasteiger partial charge in [-0.3, -0.25) is 0 Å². The SMILES string of the molecule is C=C(C)C(=O)OCC[N+](C)(C)C.C=C(CCCC)C(=O)O.[Cl-]. The number of nitrogens with zero attached hydrogens (tertiary/aromatic N) is 1. The maximum Gasteiger partial charge on any atom is 0.333 e. The summed E-state index contributed by atoms with van der Waals surface area (Å²) in [5.74, 6) is -1.17. The highest BCUT2D eigenvalue weighted by Crippen LogP contribution is 2.03. The summed E-state index contributed by atoms with van der Waals surface area (Å²) in [4.78, 5) is 21.0. The van der Waals surface area contributed by atoms with E-state index in [0.717, 1.165) is 23.9 Å². The van der Waals surface area contributed by atoms with Gasteiger partial charge in [0.05, 0.1) is 21.1 Å². The molecule has 0 atom stereocenters. The average Bonchev–Trinajstić information content (AvgIpc) is 2.34. The van der Waals surface area contributed by atoms with Crippen LogP contribution in [0.3, 0.4) is 0 Å². The Morgan fingerprint density at radius 3 is 2.00 bits per heavy atom. The zero-order chi connectivity index (χ0) is 17.1. The van der Waals surface area contributed by atoms with E-state index in [-0.39, 0.29) is 18.4 Å². The largest absolute Gasteiger partial charge is 1.00 e. The molecule has 5 nitrogen and oxygen atoms in total. The number of quaternary nitrogens is 1. The van der Waals surface area contributed by atoms with Crippen molar-refractivity contribution in [1.29, 1.82) is 0 Å². The highest BCUT2D eigenvalue weighted by atomic mass is 35.5. The smallest absolute Gasteiger partial charge is 0.333 e. The Bertz CT molecular complexity index is 373. The highest BCUT2D eigenvalue weighted by Gasteiger charge is 2.09. The fourth-order valence-corrected chi connectivity index (χ4v) is 1.03. The number of carbonyl (C=O) groups excluding carboxylic acids is 1. The Morgan fingerprint density at radius 1 is 1.18 bits per heavy atom. The van der Waals surface area contributed by atoms with Crippen LogP contribution in [0.1, 0.15) is 33.1 Å². The van der Waals surface area contributed by atoms with Gasteiger partial charge >= 0.3 is 11.9 Å². The molecule has 0 saturated carbocycles. The minimum Gasteiger partial charge on any atom is -1.00 e. The Hall–Kier alpha value is -1.33. The van der Waals surface area contributed by atoms with Crippen LogP contribution in [0.4, 0.5) is 0 Å². The quantitative estimate of drug-likeness (QED) is 0.373. The lowest BCUT2D eigenvalue weighted by Crippen LogP contribution is -3.00. The molecule has 0 bridgehead atoms. The lowest BCUT2D eigenvalue weighted by molar-refractivity contribution is -0.870. The molecule has 0 spiro atoms. The number of halogens is 1. The van der Waals surface area contributed by atoms with E-state index in [2.05, 4.69) is 34.3 Å². The van der Waals surface area contributed by atoms with Crippen molar-refractivity contribution in [3.8, 4) is 0 Å². The van der Waals surface area contributed by atoms with E-state index in [1.54, 1.807) is 6.92 Å². The van der Waals surface area contributed by atoms with Crippen molar-refractivity contribution in [2.24, 2.45) is 0 Å². The van der Waals surface area contributed by atoms with Crippen LogP contribution in [0.2, 0.25) is 0 Å². The lowest BCUT2D eigenvalue weighted by atomic mass is 10.1. The summed E-state index contributed by atoms with van der Waals surface area (Å²) in [6.07, 6.45) is 2.56. The number of rotatable bonds is 8. The summed E-state index contributed by atoms with van der Waals surface area (Å²) in [6.45, 7) is 11.8. The molecule has 22 heavy (non-hydrogen) atoms. The molecule has 0 unspecified atom stereocenters. The van der Waals surface area contributed by atoms with Crippen molar-refractivity contribution < 1.29 is 36.3 Å². The topological polar surface area (TPSA) is 63.6 Å². The molecule has 0 aliphatic carbocycles. The van der Waals surface area contributed by atoms with E-state index < -0.39 is 5.97 Å². The standard InChI is InChI=1S/C9H18NO2.C7H12O2.ClH/c1-8(2)9(11)12-7-6-10(3,4)5;1-3-4-5-6(2)7(8)9;/h1,6-7H2,2-5H3;2-5H2,1H3,(H,8,9);1H/q+1;;/p-1. The molecule has 1 N–H and O–H groups in total. The fourth-order valence-electron chi connectivity index (χ4n) is 1.03. The molecule has 0 saturated heterocycles. The van der Waals surface area contributed by atoms with Crippen molar-refractivity contribution in [2.45, 2.75) is 33.1 Å². The molecule has 130 valence electrons. The summed E-state index contributed by atoms with van der Waals surface area (Å²) in [7, 11) is 6.15. The van der Waals surface area contributed by atoms with Crippen LogP contribution in [0.25, 0.3) is 0 Å². The zero-order valence-corrected chi connectivity index (χ0v) is 15.2. The van der Waals surface area contributed by atoms with Crippen LogP contribution in [-0.2, 0) is 14.3 Å². The van der Waals surface area contributed by atoms with Crippen LogP contribution < -0.4 is 12.4 Å². The number of likely N-dealkylation sites (N-methyl/N-ethyl adjacent to an activating group) is 1. The molecule has 0 amide bonds. The summed E-state index contributed by atoms with van der Waals surface area (Å²) < 4.78 is 5.72. The van der Waals surface area contributed by atoms with Gasteiger partial charge in [0, 0.05) is 11.1 Å². The zero-order valence-electron chi connectivity index (χ0n) is 14.4. The van der Waals surface area contributed by atoms with Crippen LogP contribution in [0.5, 0.6) is 0 Å². The molecular formula is C16H30ClNO4. The second-order valence-electron chi connectivity index (χ2n) is 5.94. The number of esters is 1. The van der Waals surface area contributed by atoms with Gasteiger partial charge in [-0.05, 0) is 19.8 Å². The Kier molecular flexibility index (Phi) is 15.5. The second kappa shape index (κ2) is 13.3. The lowest BCUT2D eigenvalue weighted by Gasteiger charge is -2.23. The predicted molar refractivity (Wildman–Crippen MR) is 85.0 cm³/mol. The number of unbranched alkanes of at least 4 members (excludes halogenated alkanes) is 1. The van der Waals surface area contributed by atoms with Gasteiger partial charge in [0.25, 0.3) is 0 Å².